The average molecular weight is 263 g/mol. The summed E-state index contributed by atoms with van der Waals surface area (Å²) in [7, 11) is 0. The minimum atomic E-state index is -4.11. The van der Waals surface area contributed by atoms with Crippen molar-refractivity contribution in [2.75, 3.05) is 6.54 Å². The van der Waals surface area contributed by atoms with Gasteiger partial charge in [-0.15, -0.1) is 0 Å². The van der Waals surface area contributed by atoms with Crippen LogP contribution in [0.15, 0.2) is 6.07 Å². The Morgan fingerprint density at radius 2 is 2.06 bits per heavy atom. The normalized spacial score (nSPS) is 13.9. The minimum absolute atomic E-state index is 0.0441. The number of alkyl halides is 3. The summed E-state index contributed by atoms with van der Waals surface area (Å²) >= 11 is 0. The second-order valence-electron chi connectivity index (χ2n) is 4.29. The lowest BCUT2D eigenvalue weighted by Gasteiger charge is -2.19. The lowest BCUT2D eigenvalue weighted by molar-refractivity contribution is -0.136. The van der Waals surface area contributed by atoms with Crippen molar-refractivity contribution < 1.29 is 13.2 Å². The van der Waals surface area contributed by atoms with Gasteiger partial charge in [-0.2, -0.15) is 18.3 Å². The van der Waals surface area contributed by atoms with Crippen molar-refractivity contribution in [2.45, 2.75) is 52.4 Å². The molecule has 0 aliphatic carbocycles. The first-order valence-corrected chi connectivity index (χ1v) is 6.21. The Hall–Kier alpha value is -1.04. The van der Waals surface area contributed by atoms with Crippen LogP contribution in [-0.4, -0.2) is 22.5 Å². The monoisotopic (exact) mass is 263 g/mol. The topological polar surface area (TPSA) is 29.9 Å². The molecule has 6 heteroatoms. The number of rotatable bonds is 6. The zero-order chi connectivity index (χ0) is 13.8. The second-order valence-corrected chi connectivity index (χ2v) is 4.29. The predicted molar refractivity (Wildman–Crippen MR) is 64.3 cm³/mol. The van der Waals surface area contributed by atoms with Crippen molar-refractivity contribution >= 4 is 0 Å². The third-order valence-electron chi connectivity index (χ3n) is 2.76. The van der Waals surface area contributed by atoms with E-state index in [1.54, 1.807) is 4.68 Å². The molecule has 0 fully saturated rings. The summed E-state index contributed by atoms with van der Waals surface area (Å²) in [4.78, 5) is 0. The van der Waals surface area contributed by atoms with E-state index >= 15 is 0 Å². The molecule has 0 spiro atoms. The molecule has 0 radical (unpaired) electrons. The molecule has 1 heterocycles. The van der Waals surface area contributed by atoms with Gasteiger partial charge in [0.15, 0.2) is 0 Å². The average Bonchev–Trinajstić information content (AvgIpc) is 2.64. The molecule has 0 bridgehead atoms. The van der Waals surface area contributed by atoms with Gasteiger partial charge in [-0.05, 0) is 32.9 Å². The Kier molecular flexibility index (Phi) is 5.19. The van der Waals surface area contributed by atoms with Crippen molar-refractivity contribution in [3.05, 3.63) is 17.5 Å². The number of aromatic nitrogens is 2. The molecule has 104 valence electrons. The standard InChI is InChI=1S/C12H20F3N3/c1-4-16-10(6-7-12(13,14)15)11-8-9(3)17-18(11)5-2/h8,10,16H,4-7H2,1-3H3. The summed E-state index contributed by atoms with van der Waals surface area (Å²) in [5.74, 6) is 0. The summed E-state index contributed by atoms with van der Waals surface area (Å²) in [6, 6.07) is 1.56. The van der Waals surface area contributed by atoms with Gasteiger partial charge >= 0.3 is 6.18 Å². The van der Waals surface area contributed by atoms with Crippen LogP contribution in [-0.2, 0) is 6.54 Å². The van der Waals surface area contributed by atoms with Gasteiger partial charge in [0.05, 0.1) is 11.4 Å². The smallest absolute Gasteiger partial charge is 0.309 e. The van der Waals surface area contributed by atoms with Crippen LogP contribution in [0.4, 0.5) is 13.2 Å². The zero-order valence-corrected chi connectivity index (χ0v) is 11.0. The molecular weight excluding hydrogens is 243 g/mol. The Balaban J connectivity index is 2.82. The van der Waals surface area contributed by atoms with E-state index in [4.69, 9.17) is 0 Å². The van der Waals surface area contributed by atoms with E-state index in [9.17, 15) is 13.2 Å². The quantitative estimate of drug-likeness (QED) is 0.854. The predicted octanol–water partition coefficient (Wildman–Crippen LogP) is 3.20. The molecule has 1 atom stereocenters. The van der Waals surface area contributed by atoms with E-state index in [0.717, 1.165) is 11.4 Å². The molecule has 0 aliphatic rings. The van der Waals surface area contributed by atoms with Gasteiger partial charge in [0, 0.05) is 19.0 Å². The fourth-order valence-electron chi connectivity index (χ4n) is 2.01. The molecule has 18 heavy (non-hydrogen) atoms. The van der Waals surface area contributed by atoms with Crippen LogP contribution < -0.4 is 5.32 Å². The molecule has 0 amide bonds. The van der Waals surface area contributed by atoms with Gasteiger partial charge in [0.1, 0.15) is 0 Å². The van der Waals surface area contributed by atoms with Crippen molar-refractivity contribution in [3.63, 3.8) is 0 Å². The molecule has 1 aromatic rings. The van der Waals surface area contributed by atoms with Crippen molar-refractivity contribution in [2.24, 2.45) is 0 Å². The summed E-state index contributed by atoms with van der Waals surface area (Å²) in [5.41, 5.74) is 1.67. The first kappa shape index (κ1) is 15.0. The van der Waals surface area contributed by atoms with E-state index in [-0.39, 0.29) is 12.5 Å². The highest BCUT2D eigenvalue weighted by Gasteiger charge is 2.29. The maximum absolute atomic E-state index is 12.3. The lowest BCUT2D eigenvalue weighted by Crippen LogP contribution is -2.25. The largest absolute Gasteiger partial charge is 0.389 e. The van der Waals surface area contributed by atoms with Gasteiger partial charge in [0.2, 0.25) is 0 Å². The molecule has 0 saturated carbocycles. The van der Waals surface area contributed by atoms with Crippen LogP contribution in [0.2, 0.25) is 0 Å². The molecule has 0 aromatic carbocycles. The highest BCUT2D eigenvalue weighted by atomic mass is 19.4. The second kappa shape index (κ2) is 6.22. The Labute approximate surface area is 105 Å². The highest BCUT2D eigenvalue weighted by molar-refractivity contribution is 5.13. The first-order valence-electron chi connectivity index (χ1n) is 6.21. The molecule has 1 unspecified atom stereocenters. The van der Waals surface area contributed by atoms with Crippen LogP contribution in [0.1, 0.15) is 44.1 Å². The Morgan fingerprint density at radius 1 is 1.39 bits per heavy atom. The number of hydrogen-bond donors (Lipinski definition) is 1. The van der Waals surface area contributed by atoms with Crippen molar-refractivity contribution in [3.8, 4) is 0 Å². The van der Waals surface area contributed by atoms with Gasteiger partial charge in [0.25, 0.3) is 0 Å². The number of halogens is 3. The summed E-state index contributed by atoms with van der Waals surface area (Å²) in [6.07, 6.45) is -4.85. The van der Waals surface area contributed by atoms with Crippen molar-refractivity contribution in [1.29, 1.82) is 0 Å². The molecule has 0 aliphatic heterocycles. The van der Waals surface area contributed by atoms with Gasteiger partial charge in [-0.25, -0.2) is 0 Å². The van der Waals surface area contributed by atoms with E-state index in [1.807, 2.05) is 26.8 Å². The number of nitrogens with zero attached hydrogens (tertiary/aromatic N) is 2. The SMILES string of the molecule is CCNC(CCC(F)(F)F)c1cc(C)nn1CC. The molecular formula is C12H20F3N3. The molecule has 0 saturated heterocycles. The lowest BCUT2D eigenvalue weighted by atomic mass is 10.1. The third kappa shape index (κ3) is 4.33. The van der Waals surface area contributed by atoms with E-state index in [2.05, 4.69) is 10.4 Å². The maximum atomic E-state index is 12.3. The Bertz CT molecular complexity index is 371. The first-order chi connectivity index (χ1) is 8.37. The van der Waals surface area contributed by atoms with Crippen LogP contribution in [0.5, 0.6) is 0 Å². The zero-order valence-electron chi connectivity index (χ0n) is 11.0. The maximum Gasteiger partial charge on any atom is 0.389 e. The minimum Gasteiger partial charge on any atom is -0.309 e. The summed E-state index contributed by atoms with van der Waals surface area (Å²) in [6.45, 7) is 6.97. The van der Waals surface area contributed by atoms with E-state index < -0.39 is 12.6 Å². The highest BCUT2D eigenvalue weighted by Crippen LogP contribution is 2.27. The fraction of sp³-hybridized carbons (Fsp3) is 0.750. The van der Waals surface area contributed by atoms with Gasteiger partial charge in [-0.3, -0.25) is 4.68 Å². The molecule has 3 nitrogen and oxygen atoms in total. The molecule has 1 rings (SSSR count). The Morgan fingerprint density at radius 3 is 2.56 bits per heavy atom. The summed E-state index contributed by atoms with van der Waals surface area (Å²) in [5, 5.41) is 7.37. The van der Waals surface area contributed by atoms with Gasteiger partial charge < -0.3 is 5.32 Å². The molecule has 1 aromatic heterocycles. The van der Waals surface area contributed by atoms with E-state index in [0.29, 0.717) is 13.1 Å². The van der Waals surface area contributed by atoms with Crippen LogP contribution in [0.25, 0.3) is 0 Å². The third-order valence-corrected chi connectivity index (χ3v) is 2.76. The van der Waals surface area contributed by atoms with Crippen LogP contribution in [0.3, 0.4) is 0 Å². The number of hydrogen-bond acceptors (Lipinski definition) is 2. The number of aryl methyl sites for hydroxylation is 2. The number of nitrogens with one attached hydrogen (secondary N) is 1. The van der Waals surface area contributed by atoms with E-state index in [1.165, 1.54) is 0 Å². The van der Waals surface area contributed by atoms with Crippen molar-refractivity contribution in [1.82, 2.24) is 15.1 Å². The van der Waals surface area contributed by atoms with Crippen LogP contribution >= 0.6 is 0 Å². The molecule has 1 N–H and O–H groups in total. The summed E-state index contributed by atoms with van der Waals surface area (Å²) < 4.78 is 38.7. The van der Waals surface area contributed by atoms with Crippen LogP contribution in [0, 0.1) is 6.92 Å². The van der Waals surface area contributed by atoms with Gasteiger partial charge in [-0.1, -0.05) is 6.92 Å². The fourth-order valence-corrected chi connectivity index (χ4v) is 2.01.